The molecule has 2 heterocycles. The number of nitrogens with one attached hydrogen (secondary N) is 1. The lowest BCUT2D eigenvalue weighted by molar-refractivity contribution is -0.153. The first kappa shape index (κ1) is 20.9. The Kier molecular flexibility index (Phi) is 6.53. The summed E-state index contributed by atoms with van der Waals surface area (Å²) in [6.07, 6.45) is -1.02. The van der Waals surface area contributed by atoms with Gasteiger partial charge in [0.2, 0.25) is 0 Å². The van der Waals surface area contributed by atoms with Gasteiger partial charge in [-0.1, -0.05) is 0 Å². The van der Waals surface area contributed by atoms with Crippen LogP contribution in [0.25, 0.3) is 0 Å². The van der Waals surface area contributed by atoms with E-state index in [1.54, 1.807) is 29.5 Å². The molecule has 1 aliphatic heterocycles. The van der Waals surface area contributed by atoms with Crippen LogP contribution in [-0.4, -0.2) is 37.0 Å². The Hall–Kier alpha value is -2.87. The molecule has 0 radical (unpaired) electrons. The number of hydrogen-bond acceptors (Lipinski definition) is 7. The lowest BCUT2D eigenvalue weighted by atomic mass is 10.1. The van der Waals surface area contributed by atoms with Crippen molar-refractivity contribution in [3.63, 3.8) is 0 Å². The third-order valence-corrected chi connectivity index (χ3v) is 5.35. The number of aryl methyl sites for hydroxylation is 2. The van der Waals surface area contributed by atoms with E-state index in [4.69, 9.17) is 14.2 Å². The zero-order chi connectivity index (χ0) is 21.0. The molecule has 1 amide bonds. The van der Waals surface area contributed by atoms with Crippen molar-refractivity contribution in [1.82, 2.24) is 0 Å². The van der Waals surface area contributed by atoms with Crippen LogP contribution in [0.15, 0.2) is 24.3 Å². The van der Waals surface area contributed by atoms with Crippen LogP contribution in [0.1, 0.15) is 39.9 Å². The van der Waals surface area contributed by atoms with Gasteiger partial charge in [-0.25, -0.2) is 0 Å². The summed E-state index contributed by atoms with van der Waals surface area (Å²) in [5, 5.41) is 2.68. The van der Waals surface area contributed by atoms with Gasteiger partial charge in [-0.3, -0.25) is 14.4 Å². The van der Waals surface area contributed by atoms with E-state index in [1.165, 1.54) is 6.92 Å². The maximum atomic E-state index is 12.3. The van der Waals surface area contributed by atoms with Gasteiger partial charge in [-0.05, 0) is 39.0 Å². The van der Waals surface area contributed by atoms with Crippen molar-refractivity contribution in [2.75, 3.05) is 18.5 Å². The van der Waals surface area contributed by atoms with Gasteiger partial charge in [0.25, 0.3) is 5.91 Å². The Bertz CT molecular complexity index is 935. The van der Waals surface area contributed by atoms with E-state index in [0.29, 0.717) is 36.0 Å². The van der Waals surface area contributed by atoms with E-state index >= 15 is 0 Å². The molecule has 0 saturated heterocycles. The number of fused-ring (bicyclic) bond motifs is 1. The van der Waals surface area contributed by atoms with E-state index in [2.05, 4.69) is 5.32 Å². The third kappa shape index (κ3) is 5.35. The van der Waals surface area contributed by atoms with Crippen LogP contribution in [0.3, 0.4) is 0 Å². The molecule has 3 rings (SSSR count). The number of ether oxygens (including phenoxy) is 3. The molecule has 0 aliphatic carbocycles. The first-order chi connectivity index (χ1) is 13.8. The predicted octanol–water partition coefficient (Wildman–Crippen LogP) is 3.67. The molecule has 1 aliphatic rings. The number of hydrogen-bond donors (Lipinski definition) is 1. The Morgan fingerprint density at radius 1 is 1.10 bits per heavy atom. The smallest absolute Gasteiger partial charge is 0.307 e. The summed E-state index contributed by atoms with van der Waals surface area (Å²) >= 11 is 1.55. The number of esters is 1. The first-order valence-electron chi connectivity index (χ1n) is 9.33. The fourth-order valence-corrected chi connectivity index (χ4v) is 3.87. The van der Waals surface area contributed by atoms with Crippen LogP contribution in [0.5, 0.6) is 11.5 Å². The van der Waals surface area contributed by atoms with Gasteiger partial charge in [0.05, 0.1) is 6.42 Å². The van der Waals surface area contributed by atoms with Gasteiger partial charge in [0, 0.05) is 33.5 Å². The second-order valence-corrected chi connectivity index (χ2v) is 8.19. The molecule has 29 heavy (non-hydrogen) atoms. The van der Waals surface area contributed by atoms with Gasteiger partial charge >= 0.3 is 5.97 Å². The number of amides is 1. The summed E-state index contributed by atoms with van der Waals surface area (Å²) in [6.45, 7) is 6.24. The highest BCUT2D eigenvalue weighted by Gasteiger charge is 2.21. The normalized spacial score (nSPS) is 13.5. The second-order valence-electron chi connectivity index (χ2n) is 6.73. The number of Topliss-reactive ketones (excluding diaryl/α,β-unsaturated/α-hetero) is 1. The van der Waals surface area contributed by atoms with Crippen molar-refractivity contribution in [2.45, 2.75) is 39.7 Å². The zero-order valence-corrected chi connectivity index (χ0v) is 17.4. The van der Waals surface area contributed by atoms with Crippen LogP contribution in [0.4, 0.5) is 5.69 Å². The lowest BCUT2D eigenvalue weighted by Crippen LogP contribution is -2.30. The highest BCUT2D eigenvalue weighted by atomic mass is 32.1. The van der Waals surface area contributed by atoms with E-state index < -0.39 is 18.0 Å². The summed E-state index contributed by atoms with van der Waals surface area (Å²) < 4.78 is 16.1. The number of carbonyl (C=O) groups excluding carboxylic acids is 3. The molecule has 8 heteroatoms. The Balaban J connectivity index is 1.48. The molecule has 7 nitrogen and oxygen atoms in total. The maximum Gasteiger partial charge on any atom is 0.307 e. The number of anilines is 1. The lowest BCUT2D eigenvalue weighted by Gasteiger charge is -2.19. The summed E-state index contributed by atoms with van der Waals surface area (Å²) in [7, 11) is 0. The van der Waals surface area contributed by atoms with Gasteiger partial charge in [-0.2, -0.15) is 0 Å². The molecule has 1 atom stereocenters. The minimum absolute atomic E-state index is 0.0480. The molecule has 0 fully saturated rings. The number of thiophene rings is 1. The quantitative estimate of drug-likeness (QED) is 0.546. The molecule has 0 bridgehead atoms. The third-order valence-electron chi connectivity index (χ3n) is 4.38. The number of carbonyl (C=O) groups is 3. The first-order valence-corrected chi connectivity index (χ1v) is 10.2. The molecule has 1 N–H and O–H groups in total. The fourth-order valence-electron chi connectivity index (χ4n) is 2.93. The van der Waals surface area contributed by atoms with Crippen LogP contribution in [0.2, 0.25) is 0 Å². The van der Waals surface area contributed by atoms with Gasteiger partial charge in [0.1, 0.15) is 13.2 Å². The Morgan fingerprint density at radius 2 is 1.83 bits per heavy atom. The monoisotopic (exact) mass is 417 g/mol. The van der Waals surface area contributed by atoms with Crippen LogP contribution < -0.4 is 14.8 Å². The molecule has 1 unspecified atom stereocenters. The van der Waals surface area contributed by atoms with Crippen LogP contribution >= 0.6 is 11.3 Å². The summed E-state index contributed by atoms with van der Waals surface area (Å²) in [5.74, 6) is 0.0150. The fraction of sp³-hybridized carbons (Fsp3) is 0.381. The minimum atomic E-state index is -0.990. The van der Waals surface area contributed by atoms with Gasteiger partial charge < -0.3 is 19.5 Å². The molecule has 0 spiro atoms. The van der Waals surface area contributed by atoms with E-state index in [1.807, 2.05) is 19.9 Å². The topological polar surface area (TPSA) is 90.9 Å². The summed E-state index contributed by atoms with van der Waals surface area (Å²) in [6, 6.07) is 6.88. The van der Waals surface area contributed by atoms with Crippen molar-refractivity contribution in [1.29, 1.82) is 0 Å². The van der Waals surface area contributed by atoms with E-state index in [-0.39, 0.29) is 18.6 Å². The highest BCUT2D eigenvalue weighted by Crippen LogP contribution is 2.32. The molecular formula is C21H23NO6S. The molecule has 154 valence electrons. The van der Waals surface area contributed by atoms with Crippen LogP contribution in [0, 0.1) is 13.8 Å². The van der Waals surface area contributed by atoms with Gasteiger partial charge in [0.15, 0.2) is 23.4 Å². The van der Waals surface area contributed by atoms with Crippen molar-refractivity contribution in [2.24, 2.45) is 0 Å². The molecule has 1 aromatic heterocycles. The Labute approximate surface area is 173 Å². The SMILES string of the molecule is Cc1cc(C(=O)CCC(=O)OC(C)C(=O)Nc2ccc3c(c2)OCCO3)c(C)s1. The molecule has 0 saturated carbocycles. The standard InChI is InChI=1S/C21H23NO6S/c1-12-10-16(14(3)29-12)17(23)5-7-20(24)28-13(2)21(25)22-15-4-6-18-19(11-15)27-9-8-26-18/h4,6,10-11,13H,5,7-9H2,1-3H3,(H,22,25). The molecular weight excluding hydrogens is 394 g/mol. The van der Waals surface area contributed by atoms with E-state index in [9.17, 15) is 14.4 Å². The number of benzene rings is 1. The minimum Gasteiger partial charge on any atom is -0.486 e. The number of rotatable bonds is 7. The Morgan fingerprint density at radius 3 is 2.52 bits per heavy atom. The largest absolute Gasteiger partial charge is 0.486 e. The maximum absolute atomic E-state index is 12.3. The summed E-state index contributed by atoms with van der Waals surface area (Å²) in [4.78, 5) is 38.6. The van der Waals surface area contributed by atoms with Crippen molar-refractivity contribution in [3.05, 3.63) is 39.6 Å². The van der Waals surface area contributed by atoms with E-state index in [0.717, 1.165) is 9.75 Å². The molecule has 1 aromatic carbocycles. The average Bonchev–Trinajstić information content (AvgIpc) is 3.04. The average molecular weight is 417 g/mol. The number of ketones is 1. The zero-order valence-electron chi connectivity index (χ0n) is 16.6. The predicted molar refractivity (Wildman–Crippen MR) is 109 cm³/mol. The molecule has 2 aromatic rings. The highest BCUT2D eigenvalue weighted by molar-refractivity contribution is 7.12. The van der Waals surface area contributed by atoms with Gasteiger partial charge in [-0.15, -0.1) is 11.3 Å². The van der Waals surface area contributed by atoms with Crippen LogP contribution in [-0.2, 0) is 14.3 Å². The van der Waals surface area contributed by atoms with Crippen molar-refractivity contribution < 1.29 is 28.6 Å². The van der Waals surface area contributed by atoms with Crippen molar-refractivity contribution in [3.8, 4) is 11.5 Å². The summed E-state index contributed by atoms with van der Waals surface area (Å²) in [5.41, 5.74) is 1.16. The second kappa shape index (κ2) is 9.09. The van der Waals surface area contributed by atoms with Crippen molar-refractivity contribution >= 4 is 34.7 Å².